The molecule has 0 aromatic heterocycles. The van der Waals surface area contributed by atoms with E-state index in [4.69, 9.17) is 11.5 Å². The standard InChI is InChI=1S/C8H6Br2F2N4/c9-4-1-5(11)3(6(10)7(4)12)2-15-16-8(13)14/h1-2H,(H4,13,14,16). The van der Waals surface area contributed by atoms with Crippen LogP contribution in [0, 0.1) is 11.6 Å². The highest BCUT2D eigenvalue weighted by molar-refractivity contribution is 9.11. The topological polar surface area (TPSA) is 76.8 Å². The summed E-state index contributed by atoms with van der Waals surface area (Å²) in [7, 11) is 0. The molecule has 0 radical (unpaired) electrons. The van der Waals surface area contributed by atoms with Crippen molar-refractivity contribution in [1.82, 2.24) is 0 Å². The predicted molar refractivity (Wildman–Crippen MR) is 65.2 cm³/mol. The van der Waals surface area contributed by atoms with Gasteiger partial charge in [-0.05, 0) is 37.9 Å². The van der Waals surface area contributed by atoms with Crippen LogP contribution in [-0.4, -0.2) is 12.2 Å². The first-order valence-electron chi connectivity index (χ1n) is 3.88. The Hall–Kier alpha value is -1.02. The van der Waals surface area contributed by atoms with Crippen molar-refractivity contribution in [3.63, 3.8) is 0 Å². The second-order valence-corrected chi connectivity index (χ2v) is 4.30. The Kier molecular flexibility index (Phi) is 4.36. The van der Waals surface area contributed by atoms with Gasteiger partial charge < -0.3 is 11.5 Å². The van der Waals surface area contributed by atoms with Gasteiger partial charge in [-0.2, -0.15) is 5.10 Å². The van der Waals surface area contributed by atoms with Gasteiger partial charge in [0.25, 0.3) is 0 Å². The van der Waals surface area contributed by atoms with E-state index in [0.717, 1.165) is 12.3 Å². The monoisotopic (exact) mass is 354 g/mol. The Morgan fingerprint density at radius 1 is 1.31 bits per heavy atom. The Bertz CT molecular complexity index is 470. The fraction of sp³-hybridized carbons (Fsp3) is 0. The van der Waals surface area contributed by atoms with Crippen LogP contribution in [0.4, 0.5) is 8.78 Å². The summed E-state index contributed by atoms with van der Waals surface area (Å²) in [6.07, 6.45) is 1.01. The molecular formula is C8H6Br2F2N4. The van der Waals surface area contributed by atoms with Crippen LogP contribution in [0.25, 0.3) is 0 Å². The Balaban J connectivity index is 3.20. The molecule has 0 aliphatic carbocycles. The summed E-state index contributed by atoms with van der Waals surface area (Å²) in [6.45, 7) is 0. The van der Waals surface area contributed by atoms with E-state index in [1.807, 2.05) is 0 Å². The molecule has 0 saturated carbocycles. The second kappa shape index (κ2) is 5.35. The van der Waals surface area contributed by atoms with E-state index in [9.17, 15) is 8.78 Å². The Morgan fingerprint density at radius 2 is 1.94 bits per heavy atom. The second-order valence-electron chi connectivity index (χ2n) is 2.65. The van der Waals surface area contributed by atoms with Crippen LogP contribution < -0.4 is 11.5 Å². The van der Waals surface area contributed by atoms with Crippen molar-refractivity contribution in [2.24, 2.45) is 21.7 Å². The smallest absolute Gasteiger partial charge is 0.211 e. The molecular weight excluding hydrogens is 350 g/mol. The van der Waals surface area contributed by atoms with Crippen LogP contribution >= 0.6 is 31.9 Å². The summed E-state index contributed by atoms with van der Waals surface area (Å²) in [4.78, 5) is 0. The van der Waals surface area contributed by atoms with Gasteiger partial charge >= 0.3 is 0 Å². The highest BCUT2D eigenvalue weighted by atomic mass is 79.9. The molecule has 16 heavy (non-hydrogen) atoms. The summed E-state index contributed by atoms with van der Waals surface area (Å²) in [5.41, 5.74) is 9.95. The predicted octanol–water partition coefficient (Wildman–Crippen LogP) is 2.10. The molecule has 1 aromatic rings. The van der Waals surface area contributed by atoms with Crippen molar-refractivity contribution in [2.45, 2.75) is 0 Å². The molecule has 0 unspecified atom stereocenters. The summed E-state index contributed by atoms with van der Waals surface area (Å²) >= 11 is 5.77. The highest BCUT2D eigenvalue weighted by Crippen LogP contribution is 2.28. The van der Waals surface area contributed by atoms with Gasteiger partial charge in [0.05, 0.1) is 15.2 Å². The van der Waals surface area contributed by atoms with Gasteiger partial charge in [0.2, 0.25) is 5.96 Å². The van der Waals surface area contributed by atoms with Crippen LogP contribution in [0.1, 0.15) is 5.56 Å². The molecule has 4 N–H and O–H groups in total. The lowest BCUT2D eigenvalue weighted by Gasteiger charge is -2.03. The van der Waals surface area contributed by atoms with Gasteiger partial charge in [-0.25, -0.2) is 8.78 Å². The molecule has 0 heterocycles. The molecule has 0 spiro atoms. The van der Waals surface area contributed by atoms with Crippen molar-refractivity contribution in [3.05, 3.63) is 32.2 Å². The molecule has 0 aliphatic rings. The maximum atomic E-state index is 13.4. The minimum absolute atomic E-state index is 0.0101. The Morgan fingerprint density at radius 3 is 2.50 bits per heavy atom. The van der Waals surface area contributed by atoms with E-state index in [1.165, 1.54) is 0 Å². The molecule has 86 valence electrons. The normalized spacial score (nSPS) is 10.8. The summed E-state index contributed by atoms with van der Waals surface area (Å²) in [6, 6.07) is 0.983. The number of halogens is 4. The molecule has 0 amide bonds. The van der Waals surface area contributed by atoms with Crippen LogP contribution in [0.5, 0.6) is 0 Å². The van der Waals surface area contributed by atoms with Crippen molar-refractivity contribution in [1.29, 1.82) is 0 Å². The first-order valence-corrected chi connectivity index (χ1v) is 5.47. The zero-order valence-electron chi connectivity index (χ0n) is 7.72. The van der Waals surface area contributed by atoms with Gasteiger partial charge in [-0.15, -0.1) is 5.10 Å². The van der Waals surface area contributed by atoms with Gasteiger partial charge in [0.15, 0.2) is 5.82 Å². The highest BCUT2D eigenvalue weighted by Gasteiger charge is 2.13. The maximum absolute atomic E-state index is 13.4. The summed E-state index contributed by atoms with van der Waals surface area (Å²) in [5, 5.41) is 6.67. The number of guanidine groups is 1. The van der Waals surface area contributed by atoms with E-state index in [2.05, 4.69) is 42.1 Å². The van der Waals surface area contributed by atoms with Gasteiger partial charge in [-0.3, -0.25) is 0 Å². The average molecular weight is 356 g/mol. The van der Waals surface area contributed by atoms with Crippen LogP contribution in [-0.2, 0) is 0 Å². The van der Waals surface area contributed by atoms with Gasteiger partial charge in [0, 0.05) is 5.56 Å². The van der Waals surface area contributed by atoms with Crippen LogP contribution in [0.15, 0.2) is 25.2 Å². The molecule has 0 fully saturated rings. The van der Waals surface area contributed by atoms with Gasteiger partial charge in [0.1, 0.15) is 5.82 Å². The third kappa shape index (κ3) is 2.99. The van der Waals surface area contributed by atoms with Crippen LogP contribution in [0.3, 0.4) is 0 Å². The molecule has 0 bridgehead atoms. The van der Waals surface area contributed by atoms with E-state index < -0.39 is 11.6 Å². The maximum Gasteiger partial charge on any atom is 0.211 e. The van der Waals surface area contributed by atoms with Crippen molar-refractivity contribution in [3.8, 4) is 0 Å². The minimum Gasteiger partial charge on any atom is -0.369 e. The third-order valence-corrected chi connectivity index (χ3v) is 2.86. The zero-order valence-corrected chi connectivity index (χ0v) is 10.9. The number of rotatable bonds is 2. The van der Waals surface area contributed by atoms with Crippen molar-refractivity contribution >= 4 is 44.0 Å². The molecule has 8 heteroatoms. The average Bonchev–Trinajstić information content (AvgIpc) is 2.19. The van der Waals surface area contributed by atoms with E-state index in [1.54, 1.807) is 0 Å². The SMILES string of the molecule is NC(N)=NN=Cc1c(F)cc(Br)c(F)c1Br. The molecule has 0 aliphatic heterocycles. The molecule has 0 atom stereocenters. The summed E-state index contributed by atoms with van der Waals surface area (Å²) in [5.74, 6) is -1.56. The summed E-state index contributed by atoms with van der Waals surface area (Å²) < 4.78 is 26.7. The first kappa shape index (κ1) is 13.0. The lowest BCUT2D eigenvalue weighted by atomic mass is 10.2. The molecule has 0 saturated heterocycles. The fourth-order valence-corrected chi connectivity index (χ4v) is 2.02. The fourth-order valence-electron chi connectivity index (χ4n) is 0.852. The number of nitrogens with two attached hydrogens (primary N) is 2. The molecule has 4 nitrogen and oxygen atoms in total. The number of hydrogen-bond donors (Lipinski definition) is 2. The molecule has 1 aromatic carbocycles. The quantitative estimate of drug-likeness (QED) is 0.280. The molecule has 1 rings (SSSR count). The first-order chi connectivity index (χ1) is 7.43. The number of benzene rings is 1. The lowest BCUT2D eigenvalue weighted by Crippen LogP contribution is -2.21. The van der Waals surface area contributed by atoms with Crippen molar-refractivity contribution < 1.29 is 8.78 Å². The van der Waals surface area contributed by atoms with Crippen molar-refractivity contribution in [2.75, 3.05) is 0 Å². The largest absolute Gasteiger partial charge is 0.369 e. The van der Waals surface area contributed by atoms with E-state index in [0.29, 0.717) is 0 Å². The number of hydrogen-bond acceptors (Lipinski definition) is 2. The van der Waals surface area contributed by atoms with E-state index in [-0.39, 0.29) is 20.5 Å². The van der Waals surface area contributed by atoms with Crippen LogP contribution in [0.2, 0.25) is 0 Å². The van der Waals surface area contributed by atoms with E-state index >= 15 is 0 Å². The number of nitrogens with zero attached hydrogens (tertiary/aromatic N) is 2. The Labute approximate surface area is 107 Å². The third-order valence-electron chi connectivity index (χ3n) is 1.51. The lowest BCUT2D eigenvalue weighted by molar-refractivity contribution is 0.587. The zero-order chi connectivity index (χ0) is 12.3. The minimum atomic E-state index is -0.658. The van der Waals surface area contributed by atoms with Gasteiger partial charge in [-0.1, -0.05) is 0 Å².